The molecule has 0 saturated carbocycles. The van der Waals surface area contributed by atoms with Gasteiger partial charge in [0.25, 0.3) is 9.05 Å². The van der Waals surface area contributed by atoms with E-state index in [2.05, 4.69) is 5.10 Å². The van der Waals surface area contributed by atoms with Gasteiger partial charge < -0.3 is 5.73 Å². The molecular formula is C9H14ClN3O3S. The summed E-state index contributed by atoms with van der Waals surface area (Å²) in [4.78, 5) is 10.9. The van der Waals surface area contributed by atoms with E-state index in [1.54, 1.807) is 13.8 Å². The minimum absolute atomic E-state index is 0.00502. The zero-order valence-corrected chi connectivity index (χ0v) is 11.2. The molecule has 0 atom stereocenters. The second-order valence-electron chi connectivity index (χ2n) is 3.49. The predicted octanol–water partition coefficient (Wildman–Crippen LogP) is 0.421. The Labute approximate surface area is 104 Å². The van der Waals surface area contributed by atoms with Gasteiger partial charge in [-0.3, -0.25) is 9.48 Å². The summed E-state index contributed by atoms with van der Waals surface area (Å²) in [5.74, 6) is -0.580. The number of carbonyl (C=O) groups excluding carboxylic acids is 1. The second-order valence-corrected chi connectivity index (χ2v) is 5.99. The van der Waals surface area contributed by atoms with Crippen LogP contribution < -0.4 is 5.73 Å². The quantitative estimate of drug-likeness (QED) is 0.790. The smallest absolute Gasteiger partial charge is 0.264 e. The lowest BCUT2D eigenvalue weighted by molar-refractivity contribution is -0.118. The first-order chi connectivity index (χ1) is 7.81. The Hall–Kier alpha value is -1.08. The lowest BCUT2D eigenvalue weighted by atomic mass is 10.2. The number of halogens is 1. The molecule has 0 saturated heterocycles. The molecule has 0 spiro atoms. The summed E-state index contributed by atoms with van der Waals surface area (Å²) in [5.41, 5.74) is 5.85. The number of hydrogen-bond donors (Lipinski definition) is 1. The number of nitrogens with zero attached hydrogens (tertiary/aromatic N) is 2. The van der Waals surface area contributed by atoms with E-state index >= 15 is 0 Å². The largest absolute Gasteiger partial charge is 0.368 e. The summed E-state index contributed by atoms with van der Waals surface area (Å²) in [7, 11) is 1.51. The molecular weight excluding hydrogens is 266 g/mol. The van der Waals surface area contributed by atoms with Gasteiger partial charge in [-0.1, -0.05) is 13.8 Å². The monoisotopic (exact) mass is 279 g/mol. The molecule has 0 bridgehead atoms. The fourth-order valence-corrected chi connectivity index (χ4v) is 3.20. The summed E-state index contributed by atoms with van der Waals surface area (Å²) in [6.07, 6.45) is 0.821. The third kappa shape index (κ3) is 2.98. The maximum atomic E-state index is 11.5. The van der Waals surface area contributed by atoms with E-state index in [0.29, 0.717) is 24.2 Å². The van der Waals surface area contributed by atoms with Crippen molar-refractivity contribution < 1.29 is 13.2 Å². The van der Waals surface area contributed by atoms with E-state index in [1.165, 1.54) is 4.68 Å². The standard InChI is InChI=1S/C9H14ClN3O3S/c1-3-6-9(17(10,15)16)7(4-2)13(12-6)5-8(11)14/h3-5H2,1-2H3,(H2,11,14). The first kappa shape index (κ1) is 14.0. The van der Waals surface area contributed by atoms with Gasteiger partial charge >= 0.3 is 0 Å². The van der Waals surface area contributed by atoms with Crippen molar-refractivity contribution >= 4 is 25.6 Å². The number of primary amides is 1. The van der Waals surface area contributed by atoms with E-state index in [0.717, 1.165) is 0 Å². The Morgan fingerprint density at radius 2 is 2.00 bits per heavy atom. The van der Waals surface area contributed by atoms with Crippen molar-refractivity contribution in [2.75, 3.05) is 0 Å². The van der Waals surface area contributed by atoms with Crippen LogP contribution in [0.5, 0.6) is 0 Å². The van der Waals surface area contributed by atoms with Crippen LogP contribution in [0.3, 0.4) is 0 Å². The third-order valence-electron chi connectivity index (χ3n) is 2.30. The molecule has 96 valence electrons. The number of carbonyl (C=O) groups is 1. The number of hydrogen-bond acceptors (Lipinski definition) is 4. The number of amides is 1. The first-order valence-corrected chi connectivity index (χ1v) is 7.43. The Bertz CT molecular complexity index is 536. The van der Waals surface area contributed by atoms with Gasteiger partial charge in [0.1, 0.15) is 11.4 Å². The van der Waals surface area contributed by atoms with Crippen LogP contribution in [-0.4, -0.2) is 24.1 Å². The normalized spacial score (nSPS) is 11.7. The zero-order valence-electron chi connectivity index (χ0n) is 9.60. The lowest BCUT2D eigenvalue weighted by Gasteiger charge is -2.03. The maximum Gasteiger partial charge on any atom is 0.264 e. The van der Waals surface area contributed by atoms with E-state index < -0.39 is 15.0 Å². The average molecular weight is 280 g/mol. The minimum Gasteiger partial charge on any atom is -0.368 e. The molecule has 0 aliphatic rings. The molecule has 0 fully saturated rings. The highest BCUT2D eigenvalue weighted by atomic mass is 35.7. The lowest BCUT2D eigenvalue weighted by Crippen LogP contribution is -2.21. The van der Waals surface area contributed by atoms with Gasteiger partial charge in [0.15, 0.2) is 0 Å². The number of aryl methyl sites for hydroxylation is 1. The molecule has 1 amide bonds. The highest BCUT2D eigenvalue weighted by Crippen LogP contribution is 2.25. The highest BCUT2D eigenvalue weighted by Gasteiger charge is 2.25. The molecule has 0 aliphatic heterocycles. The van der Waals surface area contributed by atoms with Gasteiger partial charge in [0, 0.05) is 10.7 Å². The molecule has 6 nitrogen and oxygen atoms in total. The third-order valence-corrected chi connectivity index (χ3v) is 3.72. The van der Waals surface area contributed by atoms with Crippen molar-refractivity contribution in [1.29, 1.82) is 0 Å². The van der Waals surface area contributed by atoms with Crippen molar-refractivity contribution in [3.05, 3.63) is 11.4 Å². The van der Waals surface area contributed by atoms with Crippen LogP contribution in [0.25, 0.3) is 0 Å². The number of rotatable bonds is 5. The molecule has 1 heterocycles. The molecule has 0 aliphatic carbocycles. The molecule has 0 radical (unpaired) electrons. The number of aromatic nitrogens is 2. The van der Waals surface area contributed by atoms with Crippen LogP contribution in [0, 0.1) is 0 Å². The Balaban J connectivity index is 3.46. The molecule has 1 aromatic heterocycles. The molecule has 1 aromatic rings. The van der Waals surface area contributed by atoms with Gasteiger partial charge in [0.2, 0.25) is 5.91 Å². The number of nitrogens with two attached hydrogens (primary N) is 1. The summed E-state index contributed by atoms with van der Waals surface area (Å²) >= 11 is 0. The van der Waals surface area contributed by atoms with Crippen molar-refractivity contribution in [2.45, 2.75) is 38.1 Å². The van der Waals surface area contributed by atoms with Crippen molar-refractivity contribution in [3.63, 3.8) is 0 Å². The molecule has 8 heteroatoms. The van der Waals surface area contributed by atoms with Crippen LogP contribution >= 0.6 is 10.7 Å². The molecule has 0 aromatic carbocycles. The van der Waals surface area contributed by atoms with Crippen molar-refractivity contribution in [3.8, 4) is 0 Å². The van der Waals surface area contributed by atoms with E-state index in [1.807, 2.05) is 0 Å². The van der Waals surface area contributed by atoms with Gasteiger partial charge in [-0.15, -0.1) is 0 Å². The minimum atomic E-state index is -3.87. The van der Waals surface area contributed by atoms with Crippen molar-refractivity contribution in [1.82, 2.24) is 9.78 Å². The molecule has 1 rings (SSSR count). The molecule has 0 unspecified atom stereocenters. The highest BCUT2D eigenvalue weighted by molar-refractivity contribution is 8.13. The fourth-order valence-electron chi connectivity index (χ4n) is 1.67. The van der Waals surface area contributed by atoms with Gasteiger partial charge in [-0.05, 0) is 12.8 Å². The second kappa shape index (κ2) is 5.05. The van der Waals surface area contributed by atoms with Crippen LogP contribution in [0.1, 0.15) is 25.2 Å². The summed E-state index contributed by atoms with van der Waals surface area (Å²) in [6.45, 7) is 3.38. The SMILES string of the molecule is CCc1nn(CC(N)=O)c(CC)c1S(=O)(=O)Cl. The van der Waals surface area contributed by atoms with Crippen molar-refractivity contribution in [2.24, 2.45) is 5.73 Å². The van der Waals surface area contributed by atoms with E-state index in [9.17, 15) is 13.2 Å². The van der Waals surface area contributed by atoms with Crippen LogP contribution in [-0.2, 0) is 33.2 Å². The fraction of sp³-hybridized carbons (Fsp3) is 0.556. The summed E-state index contributed by atoms with van der Waals surface area (Å²) < 4.78 is 24.3. The summed E-state index contributed by atoms with van der Waals surface area (Å²) in [5, 5.41) is 4.06. The Morgan fingerprint density at radius 1 is 1.41 bits per heavy atom. The van der Waals surface area contributed by atoms with Gasteiger partial charge in [0.05, 0.1) is 11.4 Å². The van der Waals surface area contributed by atoms with E-state index in [4.69, 9.17) is 16.4 Å². The van der Waals surface area contributed by atoms with Crippen LogP contribution in [0.2, 0.25) is 0 Å². The van der Waals surface area contributed by atoms with Gasteiger partial charge in [-0.25, -0.2) is 8.42 Å². The topological polar surface area (TPSA) is 95.1 Å². The molecule has 17 heavy (non-hydrogen) atoms. The first-order valence-electron chi connectivity index (χ1n) is 5.12. The predicted molar refractivity (Wildman–Crippen MR) is 63.2 cm³/mol. The van der Waals surface area contributed by atoms with E-state index in [-0.39, 0.29) is 11.4 Å². The van der Waals surface area contributed by atoms with Gasteiger partial charge in [-0.2, -0.15) is 5.10 Å². The molecule has 2 N–H and O–H groups in total. The maximum absolute atomic E-state index is 11.5. The van der Waals surface area contributed by atoms with Crippen LogP contribution in [0.4, 0.5) is 0 Å². The Morgan fingerprint density at radius 3 is 2.35 bits per heavy atom. The van der Waals surface area contributed by atoms with Crippen LogP contribution in [0.15, 0.2) is 4.90 Å². The summed E-state index contributed by atoms with van der Waals surface area (Å²) in [6, 6.07) is 0. The zero-order chi connectivity index (χ0) is 13.2. The average Bonchev–Trinajstić information content (AvgIpc) is 2.54. The Kier molecular flexibility index (Phi) is 4.16.